The molecule has 16 heavy (non-hydrogen) atoms. The summed E-state index contributed by atoms with van der Waals surface area (Å²) in [6.45, 7) is 4.44. The normalized spacial score (nSPS) is 17.2. The Kier molecular flexibility index (Phi) is 3.20. The fourth-order valence-electron chi connectivity index (χ4n) is 2.34. The fraction of sp³-hybridized carbons (Fsp3) is 0.571. The lowest BCUT2D eigenvalue weighted by molar-refractivity contribution is 0.482. The lowest BCUT2D eigenvalue weighted by Gasteiger charge is -2.25. The molecule has 0 spiro atoms. The van der Waals surface area contributed by atoms with Crippen molar-refractivity contribution in [1.29, 1.82) is 0 Å². The van der Waals surface area contributed by atoms with Crippen LogP contribution < -0.4 is 10.2 Å². The molecule has 1 fully saturated rings. The first-order valence-corrected chi connectivity index (χ1v) is 6.08. The van der Waals surface area contributed by atoms with Gasteiger partial charge in [-0.15, -0.1) is 0 Å². The summed E-state index contributed by atoms with van der Waals surface area (Å²) < 4.78 is 0. The zero-order valence-electron chi connectivity index (χ0n) is 10.6. The molecule has 2 heteroatoms. The molecule has 88 valence electrons. The number of anilines is 1. The molecular weight excluding hydrogens is 196 g/mol. The number of hydrogen-bond donors (Lipinski definition) is 1. The zero-order valence-corrected chi connectivity index (χ0v) is 10.6. The first-order chi connectivity index (χ1) is 7.65. The number of nitrogens with zero attached hydrogens (tertiary/aromatic N) is 1. The van der Waals surface area contributed by atoms with Crippen LogP contribution in [0.25, 0.3) is 0 Å². The van der Waals surface area contributed by atoms with Gasteiger partial charge in [0.2, 0.25) is 0 Å². The van der Waals surface area contributed by atoms with E-state index in [9.17, 15) is 0 Å². The van der Waals surface area contributed by atoms with Gasteiger partial charge in [-0.2, -0.15) is 0 Å². The van der Waals surface area contributed by atoms with Crippen molar-refractivity contribution in [3.8, 4) is 0 Å². The third-order valence-electron chi connectivity index (χ3n) is 3.56. The van der Waals surface area contributed by atoms with Crippen LogP contribution in [0.3, 0.4) is 0 Å². The molecule has 0 amide bonds. The smallest absolute Gasteiger partial charge is 0.0363 e. The number of hydrogen-bond acceptors (Lipinski definition) is 2. The van der Waals surface area contributed by atoms with Crippen molar-refractivity contribution in [1.82, 2.24) is 5.32 Å². The highest BCUT2D eigenvalue weighted by molar-refractivity contribution is 5.47. The molecule has 0 aromatic heterocycles. The standard InChI is InChI=1S/C14H22N2/c1-12-4-6-13(7-5-12)16(3)11-14(8-9-14)10-15-2/h4-7,15H,8-11H2,1-3H3. The van der Waals surface area contributed by atoms with Crippen LogP contribution in [-0.2, 0) is 0 Å². The van der Waals surface area contributed by atoms with Crippen molar-refractivity contribution in [2.45, 2.75) is 19.8 Å². The van der Waals surface area contributed by atoms with Crippen molar-refractivity contribution in [2.24, 2.45) is 5.41 Å². The van der Waals surface area contributed by atoms with Crippen LogP contribution >= 0.6 is 0 Å². The molecule has 1 aromatic rings. The van der Waals surface area contributed by atoms with Gasteiger partial charge in [0.1, 0.15) is 0 Å². The highest BCUT2D eigenvalue weighted by Crippen LogP contribution is 2.45. The van der Waals surface area contributed by atoms with Gasteiger partial charge in [0, 0.05) is 31.2 Å². The van der Waals surface area contributed by atoms with E-state index in [4.69, 9.17) is 0 Å². The molecule has 0 unspecified atom stereocenters. The molecule has 0 saturated heterocycles. The number of nitrogens with one attached hydrogen (secondary N) is 1. The molecule has 1 N–H and O–H groups in total. The number of aryl methyl sites for hydroxylation is 1. The first-order valence-electron chi connectivity index (χ1n) is 6.08. The van der Waals surface area contributed by atoms with Crippen molar-refractivity contribution in [2.75, 3.05) is 32.1 Å². The van der Waals surface area contributed by atoms with Crippen molar-refractivity contribution >= 4 is 5.69 Å². The minimum Gasteiger partial charge on any atom is -0.374 e. The lowest BCUT2D eigenvalue weighted by Crippen LogP contribution is -2.32. The summed E-state index contributed by atoms with van der Waals surface area (Å²) in [5.41, 5.74) is 3.19. The molecule has 0 heterocycles. The summed E-state index contributed by atoms with van der Waals surface area (Å²) in [7, 11) is 4.24. The van der Waals surface area contributed by atoms with Crippen molar-refractivity contribution in [3.05, 3.63) is 29.8 Å². The van der Waals surface area contributed by atoms with E-state index in [0.29, 0.717) is 5.41 Å². The Morgan fingerprint density at radius 2 is 1.88 bits per heavy atom. The average Bonchev–Trinajstić information content (AvgIpc) is 2.99. The van der Waals surface area contributed by atoms with Gasteiger partial charge in [-0.05, 0) is 38.9 Å². The van der Waals surface area contributed by atoms with Crippen LogP contribution in [0.1, 0.15) is 18.4 Å². The Balaban J connectivity index is 1.97. The first kappa shape index (κ1) is 11.5. The molecule has 2 rings (SSSR count). The van der Waals surface area contributed by atoms with E-state index in [1.807, 2.05) is 7.05 Å². The van der Waals surface area contributed by atoms with E-state index in [1.165, 1.54) is 24.1 Å². The Bertz CT molecular complexity index is 338. The minimum absolute atomic E-state index is 0.536. The Morgan fingerprint density at radius 1 is 1.25 bits per heavy atom. The van der Waals surface area contributed by atoms with Gasteiger partial charge in [-0.3, -0.25) is 0 Å². The molecule has 1 aromatic carbocycles. The molecule has 2 nitrogen and oxygen atoms in total. The fourth-order valence-corrected chi connectivity index (χ4v) is 2.34. The van der Waals surface area contributed by atoms with E-state index in [2.05, 4.69) is 48.5 Å². The van der Waals surface area contributed by atoms with E-state index in [0.717, 1.165) is 13.1 Å². The van der Waals surface area contributed by atoms with Gasteiger partial charge < -0.3 is 10.2 Å². The number of benzene rings is 1. The molecule has 1 saturated carbocycles. The quantitative estimate of drug-likeness (QED) is 0.816. The summed E-state index contributed by atoms with van der Waals surface area (Å²) in [6, 6.07) is 8.79. The molecule has 0 aliphatic heterocycles. The SMILES string of the molecule is CNCC1(CN(C)c2ccc(C)cc2)CC1. The minimum atomic E-state index is 0.536. The predicted molar refractivity (Wildman–Crippen MR) is 70.0 cm³/mol. The number of rotatable bonds is 5. The summed E-state index contributed by atoms with van der Waals surface area (Å²) in [6.07, 6.45) is 2.73. The van der Waals surface area contributed by atoms with E-state index in [-0.39, 0.29) is 0 Å². The maximum absolute atomic E-state index is 3.31. The largest absolute Gasteiger partial charge is 0.374 e. The highest BCUT2D eigenvalue weighted by Gasteiger charge is 2.42. The summed E-state index contributed by atoms with van der Waals surface area (Å²) >= 11 is 0. The zero-order chi connectivity index (χ0) is 11.6. The molecular formula is C14H22N2. The molecule has 0 radical (unpaired) electrons. The topological polar surface area (TPSA) is 15.3 Å². The van der Waals surface area contributed by atoms with Crippen LogP contribution in [0.15, 0.2) is 24.3 Å². The van der Waals surface area contributed by atoms with Gasteiger partial charge >= 0.3 is 0 Å². The molecule has 0 atom stereocenters. The second-order valence-corrected chi connectivity index (χ2v) is 5.22. The lowest BCUT2D eigenvalue weighted by atomic mass is 10.1. The summed E-state index contributed by atoms with van der Waals surface area (Å²) in [5, 5.41) is 3.31. The van der Waals surface area contributed by atoms with E-state index in [1.54, 1.807) is 0 Å². The van der Waals surface area contributed by atoms with Gasteiger partial charge in [0.05, 0.1) is 0 Å². The van der Waals surface area contributed by atoms with Crippen LogP contribution in [0, 0.1) is 12.3 Å². The van der Waals surface area contributed by atoms with Gasteiger partial charge in [0.15, 0.2) is 0 Å². The van der Waals surface area contributed by atoms with Crippen molar-refractivity contribution in [3.63, 3.8) is 0 Å². The van der Waals surface area contributed by atoms with Crippen LogP contribution in [0.5, 0.6) is 0 Å². The molecule has 1 aliphatic carbocycles. The van der Waals surface area contributed by atoms with Gasteiger partial charge in [-0.1, -0.05) is 17.7 Å². The second kappa shape index (κ2) is 4.46. The second-order valence-electron chi connectivity index (χ2n) is 5.22. The maximum atomic E-state index is 3.31. The van der Waals surface area contributed by atoms with Gasteiger partial charge in [-0.25, -0.2) is 0 Å². The summed E-state index contributed by atoms with van der Waals surface area (Å²) in [4.78, 5) is 2.38. The average molecular weight is 218 g/mol. The molecule has 1 aliphatic rings. The Labute approximate surface area is 98.7 Å². The summed E-state index contributed by atoms with van der Waals surface area (Å²) in [5.74, 6) is 0. The van der Waals surface area contributed by atoms with Crippen LogP contribution in [0.4, 0.5) is 5.69 Å². The highest BCUT2D eigenvalue weighted by atomic mass is 15.1. The maximum Gasteiger partial charge on any atom is 0.0363 e. The van der Waals surface area contributed by atoms with E-state index >= 15 is 0 Å². The molecule has 0 bridgehead atoms. The van der Waals surface area contributed by atoms with Crippen molar-refractivity contribution < 1.29 is 0 Å². The van der Waals surface area contributed by atoms with Gasteiger partial charge in [0.25, 0.3) is 0 Å². The van der Waals surface area contributed by atoms with Crippen LogP contribution in [-0.4, -0.2) is 27.2 Å². The third kappa shape index (κ3) is 2.56. The Morgan fingerprint density at radius 3 is 2.38 bits per heavy atom. The van der Waals surface area contributed by atoms with Crippen LogP contribution in [0.2, 0.25) is 0 Å². The Hall–Kier alpha value is -1.02. The third-order valence-corrected chi connectivity index (χ3v) is 3.56. The monoisotopic (exact) mass is 218 g/mol. The van der Waals surface area contributed by atoms with E-state index < -0.39 is 0 Å². The predicted octanol–water partition coefficient (Wildman–Crippen LogP) is 2.43.